The molecule has 5 nitrogen and oxygen atoms in total. The Hall–Kier alpha value is -2.83. The van der Waals surface area contributed by atoms with Crippen LogP contribution in [-0.4, -0.2) is 25.9 Å². The second kappa shape index (κ2) is 8.27. The molecule has 0 amide bonds. The number of nitrogens with zero attached hydrogens (tertiary/aromatic N) is 1. The second-order valence-corrected chi connectivity index (χ2v) is 8.77. The Morgan fingerprint density at radius 2 is 1.41 bits per heavy atom. The van der Waals surface area contributed by atoms with Gasteiger partial charge in [0.2, 0.25) is 10.0 Å². The molecule has 0 fully saturated rings. The lowest BCUT2D eigenvalue weighted by Gasteiger charge is -2.28. The van der Waals surface area contributed by atoms with E-state index in [0.29, 0.717) is 31.2 Å². The lowest BCUT2D eigenvalue weighted by molar-refractivity contribution is 0.339. The molecule has 0 aromatic heterocycles. The fourth-order valence-electron chi connectivity index (χ4n) is 3.41. The van der Waals surface area contributed by atoms with Crippen molar-refractivity contribution in [2.45, 2.75) is 24.8 Å². The van der Waals surface area contributed by atoms with Crippen LogP contribution in [0.15, 0.2) is 77.7 Å². The Balaban J connectivity index is 1.47. The average Bonchev–Trinajstić information content (AvgIpc) is 2.75. The summed E-state index contributed by atoms with van der Waals surface area (Å²) in [6.45, 7) is 3.44. The number of fused-ring (bicyclic) bond motifs is 1. The van der Waals surface area contributed by atoms with E-state index >= 15 is 0 Å². The third kappa shape index (κ3) is 4.28. The lowest BCUT2D eigenvalue weighted by Crippen LogP contribution is -2.35. The molecular weight excluding hydrogens is 386 g/mol. The van der Waals surface area contributed by atoms with Gasteiger partial charge < -0.3 is 9.47 Å². The number of rotatable bonds is 6. The van der Waals surface area contributed by atoms with Gasteiger partial charge in [0.15, 0.2) is 0 Å². The Kier molecular flexibility index (Phi) is 5.56. The Morgan fingerprint density at radius 1 is 0.828 bits per heavy atom. The summed E-state index contributed by atoms with van der Waals surface area (Å²) in [7, 11) is -3.55. The fraction of sp³-hybridized carbons (Fsp3) is 0.217. The molecule has 0 atom stereocenters. The number of ether oxygens (including phenoxy) is 2. The minimum atomic E-state index is -3.55. The molecule has 29 heavy (non-hydrogen) atoms. The molecule has 3 aromatic carbocycles. The highest BCUT2D eigenvalue weighted by Gasteiger charge is 2.28. The van der Waals surface area contributed by atoms with Crippen LogP contribution in [0.1, 0.15) is 18.1 Å². The summed E-state index contributed by atoms with van der Waals surface area (Å²) in [5, 5.41) is 0. The van der Waals surface area contributed by atoms with Crippen LogP contribution in [0, 0.1) is 0 Å². The lowest BCUT2D eigenvalue weighted by atomic mass is 10.0. The molecule has 0 unspecified atom stereocenters. The Labute approximate surface area is 171 Å². The van der Waals surface area contributed by atoms with E-state index < -0.39 is 10.0 Å². The van der Waals surface area contributed by atoms with E-state index in [1.54, 1.807) is 24.3 Å². The normalized spacial score (nSPS) is 14.2. The molecule has 0 saturated heterocycles. The van der Waals surface area contributed by atoms with E-state index in [1.807, 2.05) is 49.4 Å². The van der Waals surface area contributed by atoms with Crippen molar-refractivity contribution in [1.29, 1.82) is 0 Å². The summed E-state index contributed by atoms with van der Waals surface area (Å²) in [6, 6.07) is 21.9. The average molecular weight is 410 g/mol. The van der Waals surface area contributed by atoms with Crippen LogP contribution < -0.4 is 9.47 Å². The van der Waals surface area contributed by atoms with E-state index in [2.05, 4.69) is 6.07 Å². The largest absolute Gasteiger partial charge is 0.494 e. The quantitative estimate of drug-likeness (QED) is 0.596. The highest BCUT2D eigenvalue weighted by Crippen LogP contribution is 2.28. The van der Waals surface area contributed by atoms with Gasteiger partial charge in [-0.1, -0.05) is 24.3 Å². The zero-order chi connectivity index (χ0) is 20.3. The van der Waals surface area contributed by atoms with Gasteiger partial charge >= 0.3 is 0 Å². The predicted molar refractivity (Wildman–Crippen MR) is 112 cm³/mol. The van der Waals surface area contributed by atoms with Crippen LogP contribution in [0.25, 0.3) is 0 Å². The van der Waals surface area contributed by atoms with Crippen molar-refractivity contribution in [3.05, 3.63) is 83.9 Å². The standard InChI is InChI=1S/C23H23NO4S/c1-2-27-20-7-9-21(10-8-20)28-22-11-13-23(14-12-22)29(25,26)24-16-15-18-5-3-4-6-19(18)17-24/h3-14H,2,15-17H2,1H3. The maximum Gasteiger partial charge on any atom is 0.243 e. The van der Waals surface area contributed by atoms with Crippen LogP contribution in [0.2, 0.25) is 0 Å². The van der Waals surface area contributed by atoms with Crippen LogP contribution in [-0.2, 0) is 23.0 Å². The third-order valence-corrected chi connectivity index (χ3v) is 6.79. The summed E-state index contributed by atoms with van der Waals surface area (Å²) in [5.74, 6) is 2.03. The van der Waals surface area contributed by atoms with Crippen molar-refractivity contribution >= 4 is 10.0 Å². The first kappa shape index (κ1) is 19.5. The van der Waals surface area contributed by atoms with Crippen LogP contribution in [0.5, 0.6) is 17.2 Å². The monoisotopic (exact) mass is 409 g/mol. The maximum atomic E-state index is 13.0. The number of sulfonamides is 1. The van der Waals surface area contributed by atoms with E-state index in [4.69, 9.17) is 9.47 Å². The predicted octanol–water partition coefficient (Wildman–Crippen LogP) is 4.62. The molecule has 1 aliphatic heterocycles. The Bertz CT molecular complexity index is 1080. The molecule has 1 aliphatic rings. The molecule has 0 radical (unpaired) electrons. The summed E-state index contributed by atoms with van der Waals surface area (Å²) < 4.78 is 38.8. The molecule has 3 aromatic rings. The van der Waals surface area contributed by atoms with E-state index in [1.165, 1.54) is 9.87 Å². The first-order chi connectivity index (χ1) is 14.1. The second-order valence-electron chi connectivity index (χ2n) is 6.84. The molecule has 0 saturated carbocycles. The minimum Gasteiger partial charge on any atom is -0.494 e. The Morgan fingerprint density at radius 3 is 2.07 bits per heavy atom. The first-order valence-corrected chi connectivity index (χ1v) is 11.1. The highest BCUT2D eigenvalue weighted by molar-refractivity contribution is 7.89. The fourth-order valence-corrected chi connectivity index (χ4v) is 4.83. The maximum absolute atomic E-state index is 13.0. The third-order valence-electron chi connectivity index (χ3n) is 4.93. The molecular formula is C23H23NO4S. The van der Waals surface area contributed by atoms with Gasteiger partial charge in [-0.3, -0.25) is 0 Å². The van der Waals surface area contributed by atoms with Crippen molar-refractivity contribution in [1.82, 2.24) is 4.31 Å². The number of hydrogen-bond acceptors (Lipinski definition) is 4. The summed E-state index contributed by atoms with van der Waals surface area (Å²) >= 11 is 0. The van der Waals surface area contributed by atoms with Gasteiger partial charge in [0.05, 0.1) is 11.5 Å². The topological polar surface area (TPSA) is 55.8 Å². The number of hydrogen-bond donors (Lipinski definition) is 0. The molecule has 6 heteroatoms. The van der Waals surface area contributed by atoms with Crippen molar-refractivity contribution < 1.29 is 17.9 Å². The molecule has 0 aliphatic carbocycles. The first-order valence-electron chi connectivity index (χ1n) is 9.64. The summed E-state index contributed by atoms with van der Waals surface area (Å²) in [6.07, 6.45) is 0.730. The van der Waals surface area contributed by atoms with Gasteiger partial charge in [-0.05, 0) is 73.0 Å². The van der Waals surface area contributed by atoms with Crippen molar-refractivity contribution in [3.63, 3.8) is 0 Å². The molecule has 0 spiro atoms. The van der Waals surface area contributed by atoms with Gasteiger partial charge in [0.25, 0.3) is 0 Å². The zero-order valence-corrected chi connectivity index (χ0v) is 17.1. The van der Waals surface area contributed by atoms with E-state index in [9.17, 15) is 8.42 Å². The molecule has 0 bridgehead atoms. The van der Waals surface area contributed by atoms with Gasteiger partial charge in [0, 0.05) is 13.1 Å². The van der Waals surface area contributed by atoms with Crippen LogP contribution in [0.3, 0.4) is 0 Å². The molecule has 0 N–H and O–H groups in total. The SMILES string of the molecule is CCOc1ccc(Oc2ccc(S(=O)(=O)N3CCc4ccccc4C3)cc2)cc1. The number of benzene rings is 3. The van der Waals surface area contributed by atoms with Gasteiger partial charge in [-0.25, -0.2) is 8.42 Å². The van der Waals surface area contributed by atoms with Gasteiger partial charge in [0.1, 0.15) is 17.2 Å². The van der Waals surface area contributed by atoms with Crippen molar-refractivity contribution in [2.75, 3.05) is 13.2 Å². The molecule has 1 heterocycles. The highest BCUT2D eigenvalue weighted by atomic mass is 32.2. The summed E-state index contributed by atoms with van der Waals surface area (Å²) in [4.78, 5) is 0.274. The minimum absolute atomic E-state index is 0.274. The van der Waals surface area contributed by atoms with Gasteiger partial charge in [-0.2, -0.15) is 4.31 Å². The molecule has 4 rings (SSSR count). The smallest absolute Gasteiger partial charge is 0.243 e. The van der Waals surface area contributed by atoms with Crippen molar-refractivity contribution in [2.24, 2.45) is 0 Å². The van der Waals surface area contributed by atoms with Crippen LogP contribution >= 0.6 is 0 Å². The zero-order valence-electron chi connectivity index (χ0n) is 16.2. The van der Waals surface area contributed by atoms with Crippen molar-refractivity contribution in [3.8, 4) is 17.2 Å². The molecule has 150 valence electrons. The van der Waals surface area contributed by atoms with E-state index in [-0.39, 0.29) is 4.90 Å². The van der Waals surface area contributed by atoms with Crippen LogP contribution in [0.4, 0.5) is 0 Å². The van der Waals surface area contributed by atoms with E-state index in [0.717, 1.165) is 17.7 Å². The summed E-state index contributed by atoms with van der Waals surface area (Å²) in [5.41, 5.74) is 2.29. The van der Waals surface area contributed by atoms with Gasteiger partial charge in [-0.15, -0.1) is 0 Å².